The molecule has 0 bridgehead atoms. The maximum absolute atomic E-state index is 12.5. The standard InChI is InChI=1S/C17H32N4O5/c1-7-9(4)13(21-14(22)10(5)18)16(24)19-11(6)15(23)20-12(8(2)3)17(25)26/h8-13H,7,18H2,1-6H3,(H,19,24)(H,20,23)(H,21,22)(H,25,26)/p+1/t9-,10-,11-,12-,13-/m0/s1. The van der Waals surface area contributed by atoms with Crippen molar-refractivity contribution in [3.63, 3.8) is 0 Å². The van der Waals surface area contributed by atoms with Gasteiger partial charge in [-0.25, -0.2) is 4.79 Å². The third kappa shape index (κ3) is 7.38. The van der Waals surface area contributed by atoms with Crippen LogP contribution in [0.4, 0.5) is 0 Å². The molecule has 0 unspecified atom stereocenters. The minimum Gasteiger partial charge on any atom is -0.480 e. The summed E-state index contributed by atoms with van der Waals surface area (Å²) in [7, 11) is 0. The van der Waals surface area contributed by atoms with Crippen molar-refractivity contribution in [2.24, 2.45) is 11.8 Å². The summed E-state index contributed by atoms with van der Waals surface area (Å²) >= 11 is 0. The molecular weight excluding hydrogens is 340 g/mol. The fraction of sp³-hybridized carbons (Fsp3) is 0.765. The van der Waals surface area contributed by atoms with Crippen LogP contribution in [0.25, 0.3) is 0 Å². The molecule has 0 aromatic rings. The van der Waals surface area contributed by atoms with Crippen LogP contribution in [0.1, 0.15) is 48.0 Å². The minimum atomic E-state index is -1.14. The zero-order valence-corrected chi connectivity index (χ0v) is 16.5. The fourth-order valence-electron chi connectivity index (χ4n) is 2.16. The maximum atomic E-state index is 12.5. The molecule has 7 N–H and O–H groups in total. The van der Waals surface area contributed by atoms with Gasteiger partial charge in [0, 0.05) is 0 Å². The lowest BCUT2D eigenvalue weighted by molar-refractivity contribution is -0.398. The number of aliphatic carboxylic acids is 1. The van der Waals surface area contributed by atoms with E-state index in [2.05, 4.69) is 21.7 Å². The summed E-state index contributed by atoms with van der Waals surface area (Å²) in [4.78, 5) is 47.8. The molecule has 3 amide bonds. The Morgan fingerprint density at radius 1 is 0.846 bits per heavy atom. The second kappa shape index (κ2) is 10.7. The highest BCUT2D eigenvalue weighted by Gasteiger charge is 2.31. The van der Waals surface area contributed by atoms with Crippen molar-refractivity contribution < 1.29 is 30.0 Å². The topological polar surface area (TPSA) is 152 Å². The lowest BCUT2D eigenvalue weighted by Crippen LogP contribution is -2.68. The predicted octanol–water partition coefficient (Wildman–Crippen LogP) is -1.12. The average Bonchev–Trinajstić information content (AvgIpc) is 2.55. The quantitative estimate of drug-likeness (QED) is 0.328. The average molecular weight is 373 g/mol. The smallest absolute Gasteiger partial charge is 0.326 e. The minimum absolute atomic E-state index is 0.143. The van der Waals surface area contributed by atoms with E-state index in [4.69, 9.17) is 5.11 Å². The molecule has 0 saturated carbocycles. The summed E-state index contributed by atoms with van der Waals surface area (Å²) in [6.45, 7) is 10.2. The molecule has 0 spiro atoms. The molecule has 0 saturated heterocycles. The number of carbonyl (C=O) groups excluding carboxylic acids is 3. The van der Waals surface area contributed by atoms with Crippen LogP contribution in [0.5, 0.6) is 0 Å². The highest BCUT2D eigenvalue weighted by atomic mass is 16.4. The van der Waals surface area contributed by atoms with Crippen LogP contribution in [0.3, 0.4) is 0 Å². The van der Waals surface area contributed by atoms with Crippen molar-refractivity contribution in [1.82, 2.24) is 16.0 Å². The predicted molar refractivity (Wildman–Crippen MR) is 95.7 cm³/mol. The lowest BCUT2D eigenvalue weighted by Gasteiger charge is -2.26. The lowest BCUT2D eigenvalue weighted by atomic mass is 9.97. The molecule has 0 fully saturated rings. The van der Waals surface area contributed by atoms with Crippen molar-refractivity contribution in [3.05, 3.63) is 0 Å². The van der Waals surface area contributed by atoms with Crippen molar-refractivity contribution in [1.29, 1.82) is 0 Å². The molecular formula is C17H33N4O5+. The molecule has 9 heteroatoms. The van der Waals surface area contributed by atoms with Gasteiger partial charge in [0.05, 0.1) is 0 Å². The number of carboxylic acids is 1. The summed E-state index contributed by atoms with van der Waals surface area (Å²) in [6.07, 6.45) is 0.652. The molecule has 0 heterocycles. The van der Waals surface area contributed by atoms with E-state index in [-0.39, 0.29) is 17.7 Å². The Balaban J connectivity index is 5.02. The zero-order chi connectivity index (χ0) is 20.6. The Hall–Kier alpha value is -2.16. The largest absolute Gasteiger partial charge is 0.480 e. The summed E-state index contributed by atoms with van der Waals surface area (Å²) in [5.74, 6) is -3.03. The van der Waals surface area contributed by atoms with Gasteiger partial charge in [0.1, 0.15) is 18.1 Å². The second-order valence-corrected chi connectivity index (χ2v) is 7.07. The van der Waals surface area contributed by atoms with Gasteiger partial charge in [0.25, 0.3) is 5.91 Å². The summed E-state index contributed by atoms with van der Waals surface area (Å²) < 4.78 is 0. The summed E-state index contributed by atoms with van der Waals surface area (Å²) in [5.41, 5.74) is 3.63. The molecule has 0 rings (SSSR count). The maximum Gasteiger partial charge on any atom is 0.326 e. The van der Waals surface area contributed by atoms with E-state index in [0.29, 0.717) is 6.42 Å². The number of quaternary nitrogens is 1. The third-order valence-corrected chi connectivity index (χ3v) is 4.22. The van der Waals surface area contributed by atoms with Crippen molar-refractivity contribution in [2.45, 2.75) is 72.1 Å². The first-order valence-corrected chi connectivity index (χ1v) is 8.89. The number of hydrogen-bond acceptors (Lipinski definition) is 4. The van der Waals surface area contributed by atoms with Crippen LogP contribution in [-0.2, 0) is 19.2 Å². The van der Waals surface area contributed by atoms with E-state index < -0.39 is 42.0 Å². The van der Waals surface area contributed by atoms with Crippen LogP contribution in [0.15, 0.2) is 0 Å². The Morgan fingerprint density at radius 2 is 1.35 bits per heavy atom. The van der Waals surface area contributed by atoms with E-state index in [1.165, 1.54) is 6.92 Å². The van der Waals surface area contributed by atoms with Crippen LogP contribution < -0.4 is 21.7 Å². The molecule has 0 aliphatic rings. The first-order valence-electron chi connectivity index (χ1n) is 8.89. The fourth-order valence-corrected chi connectivity index (χ4v) is 2.16. The molecule has 0 radical (unpaired) electrons. The van der Waals surface area contributed by atoms with E-state index in [1.807, 2.05) is 13.8 Å². The van der Waals surface area contributed by atoms with Crippen molar-refractivity contribution in [2.75, 3.05) is 0 Å². The number of rotatable bonds is 10. The molecule has 0 aliphatic carbocycles. The zero-order valence-electron chi connectivity index (χ0n) is 16.5. The Labute approximate surface area is 154 Å². The molecule has 0 aliphatic heterocycles. The number of nitrogens with one attached hydrogen (secondary N) is 3. The van der Waals surface area contributed by atoms with Gasteiger partial charge in [-0.15, -0.1) is 0 Å². The molecule has 9 nitrogen and oxygen atoms in total. The molecule has 150 valence electrons. The molecule has 0 aromatic carbocycles. The van der Waals surface area contributed by atoms with Crippen LogP contribution in [0.2, 0.25) is 0 Å². The van der Waals surface area contributed by atoms with E-state index in [1.54, 1.807) is 20.8 Å². The number of carbonyl (C=O) groups is 4. The SMILES string of the molecule is CC[C@H](C)[C@H](NC(=O)[C@H](C)[NH3+])C(=O)N[C@@H](C)C(=O)N[C@H](C(=O)O)C(C)C. The Kier molecular flexibility index (Phi) is 9.85. The van der Waals surface area contributed by atoms with Crippen LogP contribution >= 0.6 is 0 Å². The van der Waals surface area contributed by atoms with Gasteiger partial charge in [-0.3, -0.25) is 14.4 Å². The first-order chi connectivity index (χ1) is 11.9. The Bertz CT molecular complexity index is 521. The van der Waals surface area contributed by atoms with Crippen LogP contribution in [0, 0.1) is 11.8 Å². The van der Waals surface area contributed by atoms with Crippen molar-refractivity contribution >= 4 is 23.7 Å². The normalized spacial score (nSPS) is 16.8. The van der Waals surface area contributed by atoms with Gasteiger partial charge in [-0.1, -0.05) is 34.1 Å². The molecule has 0 aromatic heterocycles. The van der Waals surface area contributed by atoms with E-state index >= 15 is 0 Å². The van der Waals surface area contributed by atoms with Crippen LogP contribution in [-0.4, -0.2) is 53.0 Å². The van der Waals surface area contributed by atoms with Gasteiger partial charge in [0.15, 0.2) is 6.04 Å². The third-order valence-electron chi connectivity index (χ3n) is 4.22. The number of carboxylic acid groups (broad SMARTS) is 1. The Morgan fingerprint density at radius 3 is 1.73 bits per heavy atom. The van der Waals surface area contributed by atoms with Gasteiger partial charge < -0.3 is 26.8 Å². The van der Waals surface area contributed by atoms with Gasteiger partial charge in [0.2, 0.25) is 11.8 Å². The van der Waals surface area contributed by atoms with Crippen molar-refractivity contribution in [3.8, 4) is 0 Å². The molecule has 5 atom stereocenters. The van der Waals surface area contributed by atoms with Gasteiger partial charge in [-0.2, -0.15) is 0 Å². The highest BCUT2D eigenvalue weighted by Crippen LogP contribution is 2.09. The number of hydrogen-bond donors (Lipinski definition) is 5. The van der Waals surface area contributed by atoms with Gasteiger partial charge >= 0.3 is 5.97 Å². The molecule has 26 heavy (non-hydrogen) atoms. The first kappa shape index (κ1) is 23.8. The monoisotopic (exact) mass is 373 g/mol. The van der Waals surface area contributed by atoms with E-state index in [0.717, 1.165) is 0 Å². The summed E-state index contributed by atoms with van der Waals surface area (Å²) in [5, 5.41) is 16.7. The van der Waals surface area contributed by atoms with Gasteiger partial charge in [-0.05, 0) is 25.7 Å². The summed E-state index contributed by atoms with van der Waals surface area (Å²) in [6, 6.07) is -3.30. The van der Waals surface area contributed by atoms with E-state index in [9.17, 15) is 19.2 Å². The second-order valence-electron chi connectivity index (χ2n) is 7.07. The highest BCUT2D eigenvalue weighted by molar-refractivity contribution is 5.93. The number of amides is 3.